The smallest absolute Gasteiger partial charge is 0.339 e. The molecule has 0 saturated heterocycles. The Morgan fingerprint density at radius 3 is 2.63 bits per heavy atom. The highest BCUT2D eigenvalue weighted by Gasteiger charge is 2.42. The van der Waals surface area contributed by atoms with Crippen molar-refractivity contribution in [2.45, 2.75) is 19.4 Å². The summed E-state index contributed by atoms with van der Waals surface area (Å²) in [4.78, 5) is 21.6. The minimum Gasteiger partial charge on any atom is -0.462 e. The monoisotopic (exact) mass is 364 g/mol. The maximum absolute atomic E-state index is 13.4. The lowest BCUT2D eigenvalue weighted by atomic mass is 9.82. The number of hydrogen-bond donors (Lipinski definition) is 1. The normalized spacial score (nSPS) is 19.0. The number of amidine groups is 1. The number of allylic oxidation sites excluding steroid dienone is 1. The van der Waals surface area contributed by atoms with Crippen LogP contribution in [0.2, 0.25) is 0 Å². The Hall–Kier alpha value is -3.53. The molecule has 1 aromatic heterocycles. The van der Waals surface area contributed by atoms with Gasteiger partial charge in [-0.2, -0.15) is 5.26 Å². The van der Waals surface area contributed by atoms with Gasteiger partial charge in [0.05, 0.1) is 6.61 Å². The molecule has 1 aromatic carbocycles. The predicted molar refractivity (Wildman–Crippen MR) is 96.9 cm³/mol. The van der Waals surface area contributed by atoms with Gasteiger partial charge >= 0.3 is 5.97 Å². The van der Waals surface area contributed by atoms with Gasteiger partial charge < -0.3 is 10.1 Å². The number of nitrogens with one attached hydrogen (secondary N) is 1. The van der Waals surface area contributed by atoms with Crippen molar-refractivity contribution in [3.8, 4) is 6.07 Å². The number of hydrogen-bond acceptors (Lipinski definition) is 6. The molecule has 1 aliphatic rings. The number of carbonyl (C=O) groups is 1. The van der Waals surface area contributed by atoms with Crippen LogP contribution in [0.5, 0.6) is 0 Å². The molecule has 1 unspecified atom stereocenters. The fraction of sp³-hybridized carbons (Fsp3) is 0.200. The number of aromatic nitrogens is 1. The first-order chi connectivity index (χ1) is 13.0. The molecule has 0 bridgehead atoms. The van der Waals surface area contributed by atoms with Gasteiger partial charge in [-0.25, -0.2) is 14.2 Å². The van der Waals surface area contributed by atoms with Crippen molar-refractivity contribution in [3.05, 3.63) is 77.0 Å². The summed E-state index contributed by atoms with van der Waals surface area (Å²) in [5.41, 5.74) is -0.0893. The second kappa shape index (κ2) is 7.38. The van der Waals surface area contributed by atoms with Crippen LogP contribution in [-0.2, 0) is 15.1 Å². The van der Waals surface area contributed by atoms with Crippen LogP contribution in [0, 0.1) is 17.1 Å². The highest BCUT2D eigenvalue weighted by Crippen LogP contribution is 2.38. The Morgan fingerprint density at radius 2 is 2.04 bits per heavy atom. The Kier molecular flexibility index (Phi) is 4.99. The van der Waals surface area contributed by atoms with E-state index in [4.69, 9.17) is 4.74 Å². The fourth-order valence-corrected chi connectivity index (χ4v) is 2.93. The van der Waals surface area contributed by atoms with Crippen molar-refractivity contribution < 1.29 is 13.9 Å². The van der Waals surface area contributed by atoms with E-state index in [0.717, 1.165) is 0 Å². The van der Waals surface area contributed by atoms with Gasteiger partial charge in [-0.1, -0.05) is 18.2 Å². The molecule has 27 heavy (non-hydrogen) atoms. The highest BCUT2D eigenvalue weighted by molar-refractivity contribution is 6.04. The van der Waals surface area contributed by atoms with Crippen LogP contribution < -0.4 is 5.32 Å². The molecule has 1 atom stereocenters. The summed E-state index contributed by atoms with van der Waals surface area (Å²) in [6.07, 6.45) is 1.60. The van der Waals surface area contributed by atoms with Crippen LogP contribution >= 0.6 is 0 Å². The van der Waals surface area contributed by atoms with Gasteiger partial charge in [0.1, 0.15) is 34.4 Å². The predicted octanol–water partition coefficient (Wildman–Crippen LogP) is 2.83. The van der Waals surface area contributed by atoms with E-state index >= 15 is 0 Å². The summed E-state index contributed by atoms with van der Waals surface area (Å²) in [5, 5.41) is 12.5. The third-order valence-corrected chi connectivity index (χ3v) is 4.22. The molecule has 1 N–H and O–H groups in total. The Bertz CT molecular complexity index is 962. The lowest BCUT2D eigenvalue weighted by Crippen LogP contribution is -2.41. The zero-order valence-electron chi connectivity index (χ0n) is 14.9. The number of carbonyl (C=O) groups excluding carboxylic acids is 1. The number of benzene rings is 1. The molecule has 0 amide bonds. The van der Waals surface area contributed by atoms with Gasteiger partial charge in [-0.05, 0) is 43.7 Å². The van der Waals surface area contributed by atoms with Crippen molar-refractivity contribution >= 4 is 11.8 Å². The molecule has 2 aromatic rings. The molecule has 3 rings (SSSR count). The first-order valence-corrected chi connectivity index (χ1v) is 8.36. The van der Waals surface area contributed by atoms with Crippen LogP contribution in [0.4, 0.5) is 4.39 Å². The minimum atomic E-state index is -1.25. The number of rotatable bonds is 4. The zero-order chi connectivity index (χ0) is 19.4. The number of nitrogens with zero attached hydrogens (tertiary/aromatic N) is 3. The second-order valence-electron chi connectivity index (χ2n) is 5.96. The summed E-state index contributed by atoms with van der Waals surface area (Å²) in [6, 6.07) is 12.9. The Balaban J connectivity index is 2.22. The molecule has 7 heteroatoms. The van der Waals surface area contributed by atoms with Crippen molar-refractivity contribution in [2.75, 3.05) is 6.61 Å². The van der Waals surface area contributed by atoms with E-state index in [1.807, 2.05) is 6.07 Å². The van der Waals surface area contributed by atoms with Gasteiger partial charge in [-0.3, -0.25) is 4.98 Å². The van der Waals surface area contributed by atoms with E-state index in [2.05, 4.69) is 15.3 Å². The van der Waals surface area contributed by atoms with E-state index in [0.29, 0.717) is 17.1 Å². The minimum absolute atomic E-state index is 0.0240. The maximum Gasteiger partial charge on any atom is 0.339 e. The van der Waals surface area contributed by atoms with Gasteiger partial charge in [0.15, 0.2) is 5.84 Å². The van der Waals surface area contributed by atoms with E-state index in [1.165, 1.54) is 24.3 Å². The van der Waals surface area contributed by atoms with Crippen molar-refractivity contribution in [3.63, 3.8) is 0 Å². The molecule has 0 radical (unpaired) electrons. The van der Waals surface area contributed by atoms with E-state index in [-0.39, 0.29) is 17.9 Å². The van der Waals surface area contributed by atoms with Gasteiger partial charge in [0.25, 0.3) is 0 Å². The number of ether oxygens (including phenoxy) is 1. The molecule has 1 aliphatic heterocycles. The SMILES string of the molecule is CCOC(=O)C1=C(C#N)NC(c2ccccn2)=NC1(C)c1ccc(F)cc1. The molecular formula is C20H17FN4O2. The summed E-state index contributed by atoms with van der Waals surface area (Å²) >= 11 is 0. The number of pyridine rings is 1. The highest BCUT2D eigenvalue weighted by atomic mass is 19.1. The molecule has 0 spiro atoms. The quantitative estimate of drug-likeness (QED) is 0.843. The lowest BCUT2D eigenvalue weighted by molar-refractivity contribution is -0.139. The van der Waals surface area contributed by atoms with Gasteiger partial charge in [0, 0.05) is 6.20 Å². The summed E-state index contributed by atoms with van der Waals surface area (Å²) in [5.74, 6) is -0.725. The molecule has 0 fully saturated rings. The third-order valence-electron chi connectivity index (χ3n) is 4.22. The summed E-state index contributed by atoms with van der Waals surface area (Å²) in [6.45, 7) is 3.52. The number of halogens is 1. The molecule has 136 valence electrons. The fourth-order valence-electron chi connectivity index (χ4n) is 2.93. The second-order valence-corrected chi connectivity index (χ2v) is 5.96. The topological polar surface area (TPSA) is 87.4 Å². The lowest BCUT2D eigenvalue weighted by Gasteiger charge is -2.33. The average Bonchev–Trinajstić information content (AvgIpc) is 2.68. The van der Waals surface area contributed by atoms with E-state index < -0.39 is 17.3 Å². The molecular weight excluding hydrogens is 347 g/mol. The van der Waals surface area contributed by atoms with Crippen molar-refractivity contribution in [2.24, 2.45) is 4.99 Å². The van der Waals surface area contributed by atoms with Gasteiger partial charge in [0.2, 0.25) is 0 Å². The molecule has 2 heterocycles. The molecule has 0 saturated carbocycles. The van der Waals surface area contributed by atoms with Crippen LogP contribution in [0.1, 0.15) is 25.1 Å². The van der Waals surface area contributed by atoms with Gasteiger partial charge in [-0.15, -0.1) is 0 Å². The van der Waals surface area contributed by atoms with Crippen molar-refractivity contribution in [1.29, 1.82) is 5.26 Å². The van der Waals surface area contributed by atoms with Crippen LogP contribution in [0.25, 0.3) is 0 Å². The summed E-state index contributed by atoms with van der Waals surface area (Å²) < 4.78 is 18.6. The number of aliphatic imine (C=N–C) groups is 1. The Labute approximate surface area is 156 Å². The van der Waals surface area contributed by atoms with E-state index in [1.54, 1.807) is 38.2 Å². The largest absolute Gasteiger partial charge is 0.462 e. The van der Waals surface area contributed by atoms with Crippen LogP contribution in [0.15, 0.2) is 64.9 Å². The maximum atomic E-state index is 13.4. The van der Waals surface area contributed by atoms with Crippen LogP contribution in [-0.4, -0.2) is 23.4 Å². The van der Waals surface area contributed by atoms with Crippen LogP contribution in [0.3, 0.4) is 0 Å². The number of esters is 1. The van der Waals surface area contributed by atoms with E-state index in [9.17, 15) is 14.4 Å². The first kappa shape index (κ1) is 18.3. The zero-order valence-corrected chi connectivity index (χ0v) is 14.9. The third kappa shape index (κ3) is 3.42. The number of nitriles is 1. The average molecular weight is 364 g/mol. The summed E-state index contributed by atoms with van der Waals surface area (Å²) in [7, 11) is 0. The molecule has 0 aliphatic carbocycles. The first-order valence-electron chi connectivity index (χ1n) is 8.36. The molecule has 6 nitrogen and oxygen atoms in total. The van der Waals surface area contributed by atoms with Crippen molar-refractivity contribution in [1.82, 2.24) is 10.3 Å². The standard InChI is InChI=1S/C20H17FN4O2/c1-3-27-19(26)17-16(12-22)24-18(15-6-4-5-11-23-15)25-20(17,2)13-7-9-14(21)10-8-13/h4-11H,3H2,1-2H3,(H,24,25). The Morgan fingerprint density at radius 1 is 1.30 bits per heavy atom.